The lowest BCUT2D eigenvalue weighted by Gasteiger charge is -2.29. The molecular formula is C19H19BrN2O2. The minimum Gasteiger partial charge on any atom is -0.325 e. The highest BCUT2D eigenvalue weighted by Crippen LogP contribution is 2.27. The Morgan fingerprint density at radius 3 is 2.79 bits per heavy atom. The number of fused-ring (bicyclic) bond motifs is 1. The second kappa shape index (κ2) is 7.18. The van der Waals surface area contributed by atoms with Crippen LogP contribution in [-0.2, 0) is 16.0 Å². The number of nitrogens with one attached hydrogen (secondary N) is 1. The molecule has 0 radical (unpaired) electrons. The molecular weight excluding hydrogens is 368 g/mol. The minimum absolute atomic E-state index is 0.149. The first-order valence-corrected chi connectivity index (χ1v) is 8.78. The molecule has 0 aromatic heterocycles. The maximum atomic E-state index is 12.6. The Hall–Kier alpha value is -2.14. The molecule has 1 N–H and O–H groups in total. The number of para-hydroxylation sites is 1. The van der Waals surface area contributed by atoms with Crippen LogP contribution in [0.25, 0.3) is 0 Å². The number of carbonyl (C=O) groups is 2. The smallest absolute Gasteiger partial charge is 0.236 e. The summed E-state index contributed by atoms with van der Waals surface area (Å²) in [7, 11) is 0. The fourth-order valence-corrected chi connectivity index (χ4v) is 3.46. The SMILES string of the molecule is Cc1cc(Br)ccc1NC(=O)CC(=O)N1CCCc2ccccc21. The van der Waals surface area contributed by atoms with Crippen molar-refractivity contribution in [1.82, 2.24) is 0 Å². The fraction of sp³-hybridized carbons (Fsp3) is 0.263. The zero-order valence-electron chi connectivity index (χ0n) is 13.5. The molecule has 0 atom stereocenters. The number of anilines is 2. The van der Waals surface area contributed by atoms with E-state index in [4.69, 9.17) is 0 Å². The van der Waals surface area contributed by atoms with Gasteiger partial charge >= 0.3 is 0 Å². The molecule has 24 heavy (non-hydrogen) atoms. The predicted molar refractivity (Wildman–Crippen MR) is 99.2 cm³/mol. The molecule has 3 rings (SSSR count). The number of rotatable bonds is 3. The van der Waals surface area contributed by atoms with Crippen LogP contribution in [-0.4, -0.2) is 18.4 Å². The molecule has 5 heteroatoms. The number of carbonyl (C=O) groups excluding carboxylic acids is 2. The van der Waals surface area contributed by atoms with Crippen LogP contribution in [0.15, 0.2) is 46.9 Å². The Morgan fingerprint density at radius 1 is 1.21 bits per heavy atom. The molecule has 2 aromatic carbocycles. The van der Waals surface area contributed by atoms with Gasteiger partial charge in [0.2, 0.25) is 11.8 Å². The third-order valence-corrected chi connectivity index (χ3v) is 4.68. The number of nitrogens with zero attached hydrogens (tertiary/aromatic N) is 1. The molecule has 0 spiro atoms. The number of aryl methyl sites for hydroxylation is 2. The summed E-state index contributed by atoms with van der Waals surface area (Å²) in [5.41, 5.74) is 3.78. The van der Waals surface area contributed by atoms with Gasteiger partial charge < -0.3 is 10.2 Å². The summed E-state index contributed by atoms with van der Waals surface area (Å²) in [4.78, 5) is 26.5. The topological polar surface area (TPSA) is 49.4 Å². The monoisotopic (exact) mass is 386 g/mol. The van der Waals surface area contributed by atoms with Gasteiger partial charge in [0.15, 0.2) is 0 Å². The highest BCUT2D eigenvalue weighted by atomic mass is 79.9. The van der Waals surface area contributed by atoms with Crippen molar-refractivity contribution in [2.24, 2.45) is 0 Å². The van der Waals surface area contributed by atoms with E-state index in [-0.39, 0.29) is 18.2 Å². The van der Waals surface area contributed by atoms with Gasteiger partial charge in [0, 0.05) is 22.4 Å². The largest absolute Gasteiger partial charge is 0.325 e. The zero-order valence-corrected chi connectivity index (χ0v) is 15.1. The molecule has 2 aromatic rings. The minimum atomic E-state index is -0.284. The predicted octanol–water partition coefficient (Wildman–Crippen LogP) is 4.07. The second-order valence-electron chi connectivity index (χ2n) is 5.96. The van der Waals surface area contributed by atoms with Crippen LogP contribution < -0.4 is 10.2 Å². The first-order chi connectivity index (χ1) is 11.5. The van der Waals surface area contributed by atoms with Crippen LogP contribution in [0.1, 0.15) is 24.0 Å². The van der Waals surface area contributed by atoms with E-state index in [1.165, 1.54) is 5.56 Å². The summed E-state index contributed by atoms with van der Waals surface area (Å²) in [6.07, 6.45) is 1.75. The Kier molecular flexibility index (Phi) is 5.00. The quantitative estimate of drug-likeness (QED) is 0.808. The molecule has 0 aliphatic carbocycles. The highest BCUT2D eigenvalue weighted by Gasteiger charge is 2.23. The van der Waals surface area contributed by atoms with Crippen LogP contribution >= 0.6 is 15.9 Å². The zero-order chi connectivity index (χ0) is 17.1. The van der Waals surface area contributed by atoms with E-state index >= 15 is 0 Å². The van der Waals surface area contributed by atoms with Gasteiger partial charge in [-0.2, -0.15) is 0 Å². The molecule has 1 aliphatic rings. The Labute approximate surface area is 150 Å². The van der Waals surface area contributed by atoms with Gasteiger partial charge in [-0.15, -0.1) is 0 Å². The van der Waals surface area contributed by atoms with Gasteiger partial charge in [0.25, 0.3) is 0 Å². The number of hydrogen-bond acceptors (Lipinski definition) is 2. The van der Waals surface area contributed by atoms with E-state index < -0.39 is 0 Å². The summed E-state index contributed by atoms with van der Waals surface area (Å²) in [6.45, 7) is 2.59. The molecule has 0 bridgehead atoms. The van der Waals surface area contributed by atoms with E-state index in [1.54, 1.807) is 4.90 Å². The van der Waals surface area contributed by atoms with Crippen molar-refractivity contribution in [3.05, 3.63) is 58.1 Å². The Balaban J connectivity index is 1.68. The second-order valence-corrected chi connectivity index (χ2v) is 6.88. The number of benzene rings is 2. The molecule has 2 amide bonds. The van der Waals surface area contributed by atoms with Crippen molar-refractivity contribution in [3.63, 3.8) is 0 Å². The summed E-state index contributed by atoms with van der Waals surface area (Å²) in [5.74, 6) is -0.442. The molecule has 0 saturated carbocycles. The van der Waals surface area contributed by atoms with Gasteiger partial charge in [0.1, 0.15) is 6.42 Å². The fourth-order valence-electron chi connectivity index (χ4n) is 2.99. The van der Waals surface area contributed by atoms with Gasteiger partial charge in [-0.25, -0.2) is 0 Å². The Morgan fingerprint density at radius 2 is 2.00 bits per heavy atom. The summed E-state index contributed by atoms with van der Waals surface area (Å²) >= 11 is 3.40. The molecule has 1 aliphatic heterocycles. The van der Waals surface area contributed by atoms with E-state index in [0.29, 0.717) is 6.54 Å². The molecule has 1 heterocycles. The van der Waals surface area contributed by atoms with Crippen molar-refractivity contribution in [1.29, 1.82) is 0 Å². The van der Waals surface area contributed by atoms with Crippen molar-refractivity contribution >= 4 is 39.1 Å². The lowest BCUT2D eigenvalue weighted by atomic mass is 10.0. The lowest BCUT2D eigenvalue weighted by molar-refractivity contribution is -0.125. The van der Waals surface area contributed by atoms with Crippen LogP contribution in [0, 0.1) is 6.92 Å². The normalized spacial score (nSPS) is 13.3. The van der Waals surface area contributed by atoms with Gasteiger partial charge in [0.05, 0.1) is 0 Å². The lowest BCUT2D eigenvalue weighted by Crippen LogP contribution is -2.37. The van der Waals surface area contributed by atoms with Crippen LogP contribution in [0.3, 0.4) is 0 Å². The summed E-state index contributed by atoms with van der Waals surface area (Å²) in [5, 5.41) is 2.82. The molecule has 0 fully saturated rings. The average Bonchev–Trinajstić information content (AvgIpc) is 2.57. The van der Waals surface area contributed by atoms with Crippen LogP contribution in [0.5, 0.6) is 0 Å². The van der Waals surface area contributed by atoms with Crippen LogP contribution in [0.4, 0.5) is 11.4 Å². The van der Waals surface area contributed by atoms with Gasteiger partial charge in [-0.1, -0.05) is 34.1 Å². The third kappa shape index (κ3) is 3.67. The third-order valence-electron chi connectivity index (χ3n) is 4.19. The van der Waals surface area contributed by atoms with E-state index in [2.05, 4.69) is 21.2 Å². The molecule has 124 valence electrons. The van der Waals surface area contributed by atoms with Crippen molar-refractivity contribution in [2.75, 3.05) is 16.8 Å². The number of halogens is 1. The number of amides is 2. The standard InChI is InChI=1S/C19H19BrN2O2/c1-13-11-15(20)8-9-16(13)21-18(23)12-19(24)22-10-4-6-14-5-2-3-7-17(14)22/h2-3,5,7-9,11H,4,6,10,12H2,1H3,(H,21,23). The average molecular weight is 387 g/mol. The maximum Gasteiger partial charge on any atom is 0.236 e. The van der Waals surface area contributed by atoms with Gasteiger partial charge in [-0.05, 0) is 55.2 Å². The molecule has 0 unspecified atom stereocenters. The van der Waals surface area contributed by atoms with Crippen molar-refractivity contribution in [3.8, 4) is 0 Å². The molecule has 4 nitrogen and oxygen atoms in total. The first-order valence-electron chi connectivity index (χ1n) is 7.99. The number of hydrogen-bond donors (Lipinski definition) is 1. The first kappa shape index (κ1) is 16.7. The Bertz CT molecular complexity index is 789. The maximum absolute atomic E-state index is 12.6. The van der Waals surface area contributed by atoms with E-state index in [9.17, 15) is 9.59 Å². The summed E-state index contributed by atoms with van der Waals surface area (Å²) in [6, 6.07) is 13.5. The van der Waals surface area contributed by atoms with Crippen molar-refractivity contribution in [2.45, 2.75) is 26.2 Å². The van der Waals surface area contributed by atoms with Crippen molar-refractivity contribution < 1.29 is 9.59 Å². The highest BCUT2D eigenvalue weighted by molar-refractivity contribution is 9.10. The van der Waals surface area contributed by atoms with Crippen LogP contribution in [0.2, 0.25) is 0 Å². The molecule has 0 saturated heterocycles. The van der Waals surface area contributed by atoms with E-state index in [1.807, 2.05) is 49.4 Å². The van der Waals surface area contributed by atoms with E-state index in [0.717, 1.165) is 34.3 Å². The summed E-state index contributed by atoms with van der Waals surface area (Å²) < 4.78 is 0.957. The van der Waals surface area contributed by atoms with Gasteiger partial charge in [-0.3, -0.25) is 9.59 Å².